The van der Waals surface area contributed by atoms with Gasteiger partial charge in [0.2, 0.25) is 5.91 Å². The molecule has 0 saturated heterocycles. The summed E-state index contributed by atoms with van der Waals surface area (Å²) in [6.07, 6.45) is 1.78. The number of aryl methyl sites for hydroxylation is 1. The van der Waals surface area contributed by atoms with Crippen LogP contribution in [0.5, 0.6) is 5.75 Å². The number of hydrogen-bond acceptors (Lipinski definition) is 3. The SMILES string of the molecule is CCCNC(=O)[C@@H](C)N(Cc1ccc(Cl)cc1)C(=O)COc1ccc(CC)cc1. The molecule has 6 heteroatoms. The molecule has 0 spiro atoms. The largest absolute Gasteiger partial charge is 0.484 e. The summed E-state index contributed by atoms with van der Waals surface area (Å²) in [5.41, 5.74) is 2.10. The summed E-state index contributed by atoms with van der Waals surface area (Å²) >= 11 is 5.96. The Labute approximate surface area is 178 Å². The molecule has 2 rings (SSSR count). The molecule has 1 atom stereocenters. The van der Waals surface area contributed by atoms with Crippen molar-refractivity contribution >= 4 is 23.4 Å². The Morgan fingerprint density at radius 3 is 2.24 bits per heavy atom. The third-order valence-electron chi connectivity index (χ3n) is 4.68. The molecule has 0 fully saturated rings. The lowest BCUT2D eigenvalue weighted by Gasteiger charge is -2.28. The summed E-state index contributed by atoms with van der Waals surface area (Å²) in [4.78, 5) is 26.9. The summed E-state index contributed by atoms with van der Waals surface area (Å²) < 4.78 is 5.67. The smallest absolute Gasteiger partial charge is 0.261 e. The van der Waals surface area contributed by atoms with E-state index in [2.05, 4.69) is 12.2 Å². The first-order valence-corrected chi connectivity index (χ1v) is 10.4. The fourth-order valence-corrected chi connectivity index (χ4v) is 2.94. The van der Waals surface area contributed by atoms with Gasteiger partial charge in [0.15, 0.2) is 6.61 Å². The number of hydrogen-bond donors (Lipinski definition) is 1. The lowest BCUT2D eigenvalue weighted by molar-refractivity contribution is -0.142. The molecule has 0 aliphatic rings. The quantitative estimate of drug-likeness (QED) is 0.630. The van der Waals surface area contributed by atoms with Crippen LogP contribution in [0.3, 0.4) is 0 Å². The van der Waals surface area contributed by atoms with Crippen LogP contribution in [0.1, 0.15) is 38.3 Å². The van der Waals surface area contributed by atoms with Gasteiger partial charge in [-0.2, -0.15) is 0 Å². The van der Waals surface area contributed by atoms with Gasteiger partial charge in [-0.15, -0.1) is 0 Å². The highest BCUT2D eigenvalue weighted by atomic mass is 35.5. The van der Waals surface area contributed by atoms with Gasteiger partial charge in [0, 0.05) is 18.1 Å². The van der Waals surface area contributed by atoms with Gasteiger partial charge >= 0.3 is 0 Å². The molecule has 29 heavy (non-hydrogen) atoms. The lowest BCUT2D eigenvalue weighted by atomic mass is 10.1. The topological polar surface area (TPSA) is 58.6 Å². The Hall–Kier alpha value is -2.53. The minimum atomic E-state index is -0.615. The fraction of sp³-hybridized carbons (Fsp3) is 0.391. The summed E-state index contributed by atoms with van der Waals surface area (Å²) in [7, 11) is 0. The molecule has 156 valence electrons. The van der Waals surface area contributed by atoms with Crippen molar-refractivity contribution in [2.75, 3.05) is 13.2 Å². The zero-order valence-electron chi connectivity index (χ0n) is 17.3. The average Bonchev–Trinajstić information content (AvgIpc) is 2.75. The van der Waals surface area contributed by atoms with E-state index in [0.29, 0.717) is 23.9 Å². The Kier molecular flexibility index (Phi) is 9.00. The Morgan fingerprint density at radius 1 is 1.03 bits per heavy atom. The molecule has 0 saturated carbocycles. The summed E-state index contributed by atoms with van der Waals surface area (Å²) in [6.45, 7) is 6.54. The van der Waals surface area contributed by atoms with Crippen molar-refractivity contribution in [2.24, 2.45) is 0 Å². The molecule has 0 aliphatic carbocycles. The van der Waals surface area contributed by atoms with Gasteiger partial charge < -0.3 is 15.0 Å². The van der Waals surface area contributed by atoms with Crippen molar-refractivity contribution in [2.45, 2.75) is 46.2 Å². The first-order valence-electron chi connectivity index (χ1n) is 9.98. The molecule has 0 aromatic heterocycles. The van der Waals surface area contributed by atoms with Gasteiger partial charge in [-0.3, -0.25) is 9.59 Å². The lowest BCUT2D eigenvalue weighted by Crippen LogP contribution is -2.49. The maximum atomic E-state index is 12.9. The number of carbonyl (C=O) groups is 2. The van der Waals surface area contributed by atoms with Gasteiger partial charge in [-0.1, -0.05) is 49.7 Å². The molecule has 2 aromatic rings. The van der Waals surface area contributed by atoms with E-state index >= 15 is 0 Å². The first kappa shape index (κ1) is 22.8. The maximum absolute atomic E-state index is 12.9. The second-order valence-electron chi connectivity index (χ2n) is 6.90. The van der Waals surface area contributed by atoms with E-state index in [0.717, 1.165) is 18.4 Å². The predicted octanol–water partition coefficient (Wildman–Crippen LogP) is 4.22. The standard InChI is InChI=1S/C23H29ClN2O3/c1-4-14-25-23(28)17(3)26(15-19-6-10-20(24)11-7-19)22(27)16-29-21-12-8-18(5-2)9-13-21/h6-13,17H,4-5,14-16H2,1-3H3,(H,25,28)/t17-/m1/s1. The van der Waals surface area contributed by atoms with Crippen molar-refractivity contribution in [3.8, 4) is 5.75 Å². The van der Waals surface area contributed by atoms with Gasteiger partial charge in [0.25, 0.3) is 5.91 Å². The van der Waals surface area contributed by atoms with E-state index in [-0.39, 0.29) is 18.4 Å². The summed E-state index contributed by atoms with van der Waals surface area (Å²) in [5.74, 6) is 0.199. The highest BCUT2D eigenvalue weighted by Crippen LogP contribution is 2.16. The number of nitrogens with one attached hydrogen (secondary N) is 1. The van der Waals surface area contributed by atoms with Crippen LogP contribution >= 0.6 is 11.6 Å². The minimum Gasteiger partial charge on any atom is -0.484 e. The van der Waals surface area contributed by atoms with E-state index in [1.165, 1.54) is 10.5 Å². The van der Waals surface area contributed by atoms with Crippen molar-refractivity contribution < 1.29 is 14.3 Å². The number of benzene rings is 2. The third-order valence-corrected chi connectivity index (χ3v) is 4.93. The van der Waals surface area contributed by atoms with E-state index in [1.807, 2.05) is 43.3 Å². The highest BCUT2D eigenvalue weighted by molar-refractivity contribution is 6.30. The van der Waals surface area contributed by atoms with Crippen LogP contribution in [-0.2, 0) is 22.6 Å². The molecule has 0 heterocycles. The fourth-order valence-electron chi connectivity index (χ4n) is 2.81. The molecular weight excluding hydrogens is 388 g/mol. The Bertz CT molecular complexity index is 791. The molecule has 0 aliphatic heterocycles. The zero-order chi connectivity index (χ0) is 21.2. The number of carbonyl (C=O) groups excluding carboxylic acids is 2. The number of halogens is 1. The second-order valence-corrected chi connectivity index (χ2v) is 7.34. The molecule has 5 nitrogen and oxygen atoms in total. The molecule has 1 N–H and O–H groups in total. The van der Waals surface area contributed by atoms with Crippen LogP contribution in [0.2, 0.25) is 5.02 Å². The molecule has 0 bridgehead atoms. The van der Waals surface area contributed by atoms with Gasteiger partial charge in [0.05, 0.1) is 0 Å². The Balaban J connectivity index is 2.09. The predicted molar refractivity (Wildman–Crippen MR) is 116 cm³/mol. The van der Waals surface area contributed by atoms with Crippen molar-refractivity contribution in [1.82, 2.24) is 10.2 Å². The highest BCUT2D eigenvalue weighted by Gasteiger charge is 2.26. The molecule has 0 radical (unpaired) electrons. The third kappa shape index (κ3) is 7.09. The van der Waals surface area contributed by atoms with Gasteiger partial charge in [0.1, 0.15) is 11.8 Å². The second kappa shape index (κ2) is 11.5. The van der Waals surface area contributed by atoms with Crippen LogP contribution in [0.15, 0.2) is 48.5 Å². The number of amides is 2. The van der Waals surface area contributed by atoms with Gasteiger partial charge in [-0.25, -0.2) is 0 Å². The van der Waals surface area contributed by atoms with E-state index < -0.39 is 6.04 Å². The molecular formula is C23H29ClN2O3. The van der Waals surface area contributed by atoms with Crippen LogP contribution in [0.25, 0.3) is 0 Å². The van der Waals surface area contributed by atoms with Crippen LogP contribution in [-0.4, -0.2) is 35.9 Å². The maximum Gasteiger partial charge on any atom is 0.261 e. The molecule has 2 amide bonds. The summed E-state index contributed by atoms with van der Waals surface area (Å²) in [5, 5.41) is 3.48. The van der Waals surface area contributed by atoms with Crippen molar-refractivity contribution in [1.29, 1.82) is 0 Å². The zero-order valence-corrected chi connectivity index (χ0v) is 18.0. The van der Waals surface area contributed by atoms with Crippen LogP contribution in [0, 0.1) is 0 Å². The monoisotopic (exact) mass is 416 g/mol. The van der Waals surface area contributed by atoms with E-state index in [4.69, 9.17) is 16.3 Å². The molecule has 2 aromatic carbocycles. The van der Waals surface area contributed by atoms with E-state index in [9.17, 15) is 9.59 Å². The van der Waals surface area contributed by atoms with E-state index in [1.54, 1.807) is 19.1 Å². The van der Waals surface area contributed by atoms with Crippen molar-refractivity contribution in [3.05, 3.63) is 64.7 Å². The molecule has 0 unspecified atom stereocenters. The van der Waals surface area contributed by atoms with Crippen molar-refractivity contribution in [3.63, 3.8) is 0 Å². The van der Waals surface area contributed by atoms with Crippen LogP contribution < -0.4 is 10.1 Å². The average molecular weight is 417 g/mol. The summed E-state index contributed by atoms with van der Waals surface area (Å²) in [6, 6.07) is 14.3. The first-order chi connectivity index (χ1) is 13.9. The number of nitrogens with zero attached hydrogens (tertiary/aromatic N) is 1. The minimum absolute atomic E-state index is 0.134. The van der Waals surface area contributed by atoms with Crippen LogP contribution in [0.4, 0.5) is 0 Å². The Morgan fingerprint density at radius 2 is 1.66 bits per heavy atom. The van der Waals surface area contributed by atoms with Gasteiger partial charge in [-0.05, 0) is 55.2 Å². The number of ether oxygens (including phenoxy) is 1. The normalized spacial score (nSPS) is 11.6. The number of rotatable bonds is 10.